The van der Waals surface area contributed by atoms with Crippen LogP contribution in [0.2, 0.25) is 0 Å². The van der Waals surface area contributed by atoms with Crippen molar-refractivity contribution in [2.24, 2.45) is 11.8 Å². The fourth-order valence-corrected chi connectivity index (χ4v) is 8.21. The summed E-state index contributed by atoms with van der Waals surface area (Å²) in [5, 5.41) is 12.9. The Morgan fingerprint density at radius 3 is 2.62 bits per heavy atom. The predicted molar refractivity (Wildman–Crippen MR) is 181 cm³/mol. The molecule has 2 aromatic carbocycles. The average Bonchev–Trinajstić information content (AvgIpc) is 3.65. The molecule has 3 aliphatic rings. The summed E-state index contributed by atoms with van der Waals surface area (Å²) in [6.45, 7) is 11.1. The van der Waals surface area contributed by atoms with Crippen molar-refractivity contribution in [3.63, 3.8) is 0 Å². The number of β-amino-alcohol motifs (C(OH)–C–C–N with tert-alkyl or cyclic N) is 1. The third kappa shape index (κ3) is 6.53. The first kappa shape index (κ1) is 34.5. The molecule has 0 radical (unpaired) electrons. The summed E-state index contributed by atoms with van der Waals surface area (Å²) in [6, 6.07) is 13.8. The van der Waals surface area contributed by atoms with Crippen molar-refractivity contribution in [2.45, 2.75) is 61.8 Å². The van der Waals surface area contributed by atoms with E-state index < -0.39 is 47.6 Å². The number of nitrogens with one attached hydrogen (secondary N) is 1. The Morgan fingerprint density at radius 2 is 1.94 bits per heavy atom. The Kier molecular flexibility index (Phi) is 10.7. The highest BCUT2D eigenvalue weighted by Gasteiger charge is 2.77. The van der Waals surface area contributed by atoms with Gasteiger partial charge in [0.15, 0.2) is 0 Å². The van der Waals surface area contributed by atoms with E-state index in [1.165, 1.54) is 4.90 Å². The lowest BCUT2D eigenvalue weighted by atomic mass is 9.70. The minimum Gasteiger partial charge on any atom is -0.455 e. The number of hydrogen-bond donors (Lipinski definition) is 2. The van der Waals surface area contributed by atoms with Crippen LogP contribution in [0.3, 0.4) is 0 Å². The number of rotatable bonds is 14. The van der Waals surface area contributed by atoms with E-state index in [2.05, 4.69) is 34.4 Å². The van der Waals surface area contributed by atoms with Gasteiger partial charge in [0.1, 0.15) is 17.7 Å². The number of aliphatic hydroxyl groups excluding tert-OH is 1. The van der Waals surface area contributed by atoms with E-state index in [0.29, 0.717) is 24.1 Å². The smallest absolute Gasteiger partial charge is 0.313 e. The number of amides is 3. The highest BCUT2D eigenvalue weighted by molar-refractivity contribution is 9.09. The molecule has 11 heteroatoms. The topological polar surface area (TPSA) is 125 Å². The van der Waals surface area contributed by atoms with Gasteiger partial charge < -0.3 is 29.7 Å². The summed E-state index contributed by atoms with van der Waals surface area (Å²) in [6.07, 6.45) is 2.81. The molecule has 10 nitrogen and oxygen atoms in total. The first-order valence-corrected chi connectivity index (χ1v) is 16.8. The molecule has 3 heterocycles. The van der Waals surface area contributed by atoms with Crippen LogP contribution in [-0.4, -0.2) is 82.5 Å². The van der Waals surface area contributed by atoms with Crippen LogP contribution in [0.5, 0.6) is 0 Å². The molecule has 3 fully saturated rings. The van der Waals surface area contributed by atoms with Crippen molar-refractivity contribution >= 4 is 45.3 Å². The zero-order valence-corrected chi connectivity index (χ0v) is 28.4. The summed E-state index contributed by atoms with van der Waals surface area (Å²) < 4.78 is 12.7. The summed E-state index contributed by atoms with van der Waals surface area (Å²) in [5.41, 5.74) is 1.87. The largest absolute Gasteiger partial charge is 0.455 e. The van der Waals surface area contributed by atoms with E-state index in [-0.39, 0.29) is 49.3 Å². The molecule has 2 N–H and O–H groups in total. The minimum atomic E-state index is -1.33. The van der Waals surface area contributed by atoms with Crippen molar-refractivity contribution in [1.29, 1.82) is 0 Å². The minimum absolute atomic E-state index is 0.0373. The molecule has 7 atom stereocenters. The first-order valence-electron chi connectivity index (χ1n) is 15.9. The number of allylic oxidation sites excluding steroid dienone is 1. The van der Waals surface area contributed by atoms with Crippen LogP contribution < -0.4 is 10.2 Å². The number of ether oxygens (including phenoxy) is 2. The summed E-state index contributed by atoms with van der Waals surface area (Å²) in [7, 11) is 0. The van der Waals surface area contributed by atoms with E-state index in [9.17, 15) is 24.3 Å². The lowest BCUT2D eigenvalue weighted by molar-refractivity contribution is -0.160. The molecule has 1 spiro atoms. The fourth-order valence-electron chi connectivity index (χ4n) is 7.26. The Hall–Kier alpha value is -3.80. The van der Waals surface area contributed by atoms with E-state index >= 15 is 0 Å². The molecule has 3 aliphatic heterocycles. The van der Waals surface area contributed by atoms with Crippen molar-refractivity contribution in [1.82, 2.24) is 10.2 Å². The summed E-state index contributed by atoms with van der Waals surface area (Å²) in [5.74, 6) is -3.68. The molecule has 3 amide bonds. The van der Waals surface area contributed by atoms with Gasteiger partial charge in [0.25, 0.3) is 5.91 Å². The second kappa shape index (κ2) is 14.5. The Bertz CT molecular complexity index is 1530. The van der Waals surface area contributed by atoms with E-state index in [4.69, 9.17) is 9.47 Å². The van der Waals surface area contributed by atoms with Gasteiger partial charge in [-0.05, 0) is 49.4 Å². The zero-order valence-electron chi connectivity index (χ0n) is 26.8. The van der Waals surface area contributed by atoms with Crippen LogP contribution >= 0.6 is 15.9 Å². The Morgan fingerprint density at radius 1 is 1.19 bits per heavy atom. The predicted octanol–water partition coefficient (Wildman–Crippen LogP) is 3.93. The number of nitrogens with zero attached hydrogens (tertiary/aromatic N) is 2. The molecule has 5 rings (SSSR count). The van der Waals surface area contributed by atoms with Crippen molar-refractivity contribution in [2.75, 3.05) is 31.1 Å². The normalized spacial score (nSPS) is 26.4. The highest BCUT2D eigenvalue weighted by atomic mass is 79.9. The molecular formula is C36H42BrN3O7. The Labute approximate surface area is 283 Å². The van der Waals surface area contributed by atoms with Gasteiger partial charge in [0.2, 0.25) is 11.8 Å². The van der Waals surface area contributed by atoms with Gasteiger partial charge in [-0.1, -0.05) is 70.5 Å². The number of anilines is 1. The summed E-state index contributed by atoms with van der Waals surface area (Å²) in [4.78, 5) is 58.2. The van der Waals surface area contributed by atoms with Gasteiger partial charge in [-0.2, -0.15) is 0 Å². The first-order chi connectivity index (χ1) is 22.6. The van der Waals surface area contributed by atoms with E-state index in [0.717, 1.165) is 11.1 Å². The molecule has 2 aromatic rings. The molecule has 2 bridgehead atoms. The van der Waals surface area contributed by atoms with Crippen LogP contribution in [0.1, 0.15) is 42.1 Å². The maximum atomic E-state index is 14.7. The maximum absolute atomic E-state index is 14.7. The van der Waals surface area contributed by atoms with Gasteiger partial charge in [-0.25, -0.2) is 0 Å². The molecule has 3 saturated heterocycles. The number of hydrogen-bond acceptors (Lipinski definition) is 7. The standard InChI is InChI=1S/C36H42BrN3O7/c1-5-7-13-28(42)38-21-27(24-11-9-8-10-12-24)46-35(45)29-30-33(43)40(17-18-41)32(36(30)20-25(37)31(29)47-36)34(44)39(16-6-2)26-19-22(3)14-15-23(26)4/h5-6,8-12,14-15,19,25,27,29-32,41H,1-2,7,13,16-18,20-21H2,3-4H3,(H,38,42)/t25?,27-,29+,30-,31+,32+,36-/m0/s1. The van der Waals surface area contributed by atoms with Gasteiger partial charge in [-0.3, -0.25) is 19.2 Å². The third-order valence-corrected chi connectivity index (χ3v) is 10.2. The second-order valence-electron chi connectivity index (χ2n) is 12.4. The molecule has 0 saturated carbocycles. The SMILES string of the molecule is C=CCCC(=O)NC[C@H](OC(=O)[C@H]1[C@@H]2O[C@@]3(CC2Br)[C@@H]1C(=O)N(CCO)[C@@H]3C(=O)N(CC=C)c1cc(C)ccc1C)c1ccccc1. The molecule has 0 aliphatic carbocycles. The molecule has 250 valence electrons. The average molecular weight is 709 g/mol. The maximum Gasteiger partial charge on any atom is 0.313 e. The molecule has 0 aromatic heterocycles. The van der Waals surface area contributed by atoms with Crippen LogP contribution in [0, 0.1) is 25.7 Å². The van der Waals surface area contributed by atoms with Crippen molar-refractivity contribution in [3.05, 3.63) is 90.5 Å². The van der Waals surface area contributed by atoms with Crippen molar-refractivity contribution < 1.29 is 33.8 Å². The number of esters is 1. The number of likely N-dealkylation sites (tertiary alicyclic amines) is 1. The van der Waals surface area contributed by atoms with E-state index in [1.54, 1.807) is 29.2 Å². The second-order valence-corrected chi connectivity index (χ2v) is 13.6. The monoisotopic (exact) mass is 707 g/mol. The number of aryl methyl sites for hydroxylation is 2. The lowest BCUT2D eigenvalue weighted by Gasteiger charge is -2.37. The number of carbonyl (C=O) groups is 4. The van der Waals surface area contributed by atoms with Crippen molar-refractivity contribution in [3.8, 4) is 0 Å². The number of halogens is 1. The fraction of sp³-hybridized carbons (Fsp3) is 0.444. The van der Waals surface area contributed by atoms with E-state index in [1.807, 2.05) is 50.2 Å². The quantitative estimate of drug-likeness (QED) is 0.173. The van der Waals surface area contributed by atoms with Crippen LogP contribution in [-0.2, 0) is 28.7 Å². The lowest BCUT2D eigenvalue weighted by Crippen LogP contribution is -2.57. The zero-order chi connectivity index (χ0) is 33.9. The highest BCUT2D eigenvalue weighted by Crippen LogP contribution is 2.60. The molecule has 47 heavy (non-hydrogen) atoms. The third-order valence-electron chi connectivity index (χ3n) is 9.36. The van der Waals surface area contributed by atoms with Crippen LogP contribution in [0.4, 0.5) is 5.69 Å². The van der Waals surface area contributed by atoms with Gasteiger partial charge >= 0.3 is 5.97 Å². The van der Waals surface area contributed by atoms with Gasteiger partial charge in [-0.15, -0.1) is 13.2 Å². The van der Waals surface area contributed by atoms with Crippen LogP contribution in [0.25, 0.3) is 0 Å². The number of benzene rings is 2. The Balaban J connectivity index is 1.48. The van der Waals surface area contributed by atoms with Gasteiger partial charge in [0, 0.05) is 30.0 Å². The molecular weight excluding hydrogens is 666 g/mol. The molecule has 1 unspecified atom stereocenters. The van der Waals surface area contributed by atoms with Crippen LogP contribution in [0.15, 0.2) is 73.8 Å². The number of alkyl halides is 1. The number of fused-ring (bicyclic) bond motifs is 1. The summed E-state index contributed by atoms with van der Waals surface area (Å²) >= 11 is 3.69. The number of carbonyl (C=O) groups excluding carboxylic acids is 4. The number of aliphatic hydroxyl groups is 1. The van der Waals surface area contributed by atoms with Gasteiger partial charge in [0.05, 0.1) is 31.1 Å².